The molecule has 1 aromatic carbocycles. The first kappa shape index (κ1) is 9.91. The Morgan fingerprint density at radius 3 is 2.75 bits per heavy atom. The van der Waals surface area contributed by atoms with E-state index in [1.54, 1.807) is 0 Å². The maximum atomic E-state index is 3.40. The molecule has 0 amide bonds. The number of H-pyrrole nitrogens is 1. The molecule has 2 heteroatoms. The molecule has 0 bridgehead atoms. The van der Waals surface area contributed by atoms with Crippen LogP contribution in [0.4, 0.5) is 0 Å². The van der Waals surface area contributed by atoms with Gasteiger partial charge in [0.25, 0.3) is 0 Å². The van der Waals surface area contributed by atoms with Crippen LogP contribution < -0.4 is 0 Å². The van der Waals surface area contributed by atoms with Gasteiger partial charge in [-0.15, -0.1) is 11.3 Å². The second-order valence-corrected chi connectivity index (χ2v) is 5.78. The van der Waals surface area contributed by atoms with E-state index >= 15 is 0 Å². The third kappa shape index (κ3) is 1.37. The standard InChI is InChI=1S/C14H15NS/c1-8(2)13-7-10-4-5-12-11(14(10)16-13)6-9(3)15-12/h4-8,15H,1-3H3. The van der Waals surface area contributed by atoms with Crippen molar-refractivity contribution in [3.63, 3.8) is 0 Å². The van der Waals surface area contributed by atoms with E-state index in [0.29, 0.717) is 5.92 Å². The Labute approximate surface area is 99.1 Å². The lowest BCUT2D eigenvalue weighted by Gasteiger charge is -1.96. The Morgan fingerprint density at radius 2 is 2.00 bits per heavy atom. The number of rotatable bonds is 1. The first-order chi connectivity index (χ1) is 7.65. The van der Waals surface area contributed by atoms with Gasteiger partial charge in [-0.3, -0.25) is 0 Å². The van der Waals surface area contributed by atoms with E-state index in [-0.39, 0.29) is 0 Å². The molecule has 16 heavy (non-hydrogen) atoms. The summed E-state index contributed by atoms with van der Waals surface area (Å²) >= 11 is 1.93. The highest BCUT2D eigenvalue weighted by Gasteiger charge is 2.09. The normalized spacial score (nSPS) is 12.0. The van der Waals surface area contributed by atoms with Crippen LogP contribution in [0.3, 0.4) is 0 Å². The molecular formula is C14H15NS. The fourth-order valence-electron chi connectivity index (χ4n) is 2.15. The molecule has 1 N–H and O–H groups in total. The van der Waals surface area contributed by atoms with Crippen LogP contribution in [0.1, 0.15) is 30.3 Å². The van der Waals surface area contributed by atoms with Crippen LogP contribution in [-0.4, -0.2) is 4.98 Å². The second-order valence-electron chi connectivity index (χ2n) is 4.70. The van der Waals surface area contributed by atoms with Crippen LogP contribution in [-0.2, 0) is 0 Å². The highest BCUT2D eigenvalue weighted by Crippen LogP contribution is 2.35. The van der Waals surface area contributed by atoms with Crippen LogP contribution in [0.5, 0.6) is 0 Å². The molecule has 0 saturated carbocycles. The largest absolute Gasteiger partial charge is 0.359 e. The van der Waals surface area contributed by atoms with Gasteiger partial charge < -0.3 is 4.98 Å². The topological polar surface area (TPSA) is 15.8 Å². The first-order valence-corrected chi connectivity index (χ1v) is 6.48. The molecule has 0 aliphatic heterocycles. The zero-order valence-corrected chi connectivity index (χ0v) is 10.6. The fraction of sp³-hybridized carbons (Fsp3) is 0.286. The number of fused-ring (bicyclic) bond motifs is 3. The van der Waals surface area contributed by atoms with Crippen molar-refractivity contribution in [1.29, 1.82) is 0 Å². The zero-order chi connectivity index (χ0) is 11.3. The molecule has 0 atom stereocenters. The third-order valence-corrected chi connectivity index (χ3v) is 4.49. The van der Waals surface area contributed by atoms with Gasteiger partial charge in [-0.2, -0.15) is 0 Å². The molecule has 1 nitrogen and oxygen atoms in total. The van der Waals surface area contributed by atoms with Gasteiger partial charge in [0.2, 0.25) is 0 Å². The highest BCUT2D eigenvalue weighted by atomic mass is 32.1. The van der Waals surface area contributed by atoms with E-state index in [1.165, 1.54) is 31.6 Å². The van der Waals surface area contributed by atoms with E-state index in [0.717, 1.165) is 0 Å². The van der Waals surface area contributed by atoms with Crippen LogP contribution in [0.25, 0.3) is 21.0 Å². The third-order valence-electron chi connectivity index (χ3n) is 3.01. The Morgan fingerprint density at radius 1 is 1.19 bits per heavy atom. The van der Waals surface area contributed by atoms with Crippen molar-refractivity contribution in [2.24, 2.45) is 0 Å². The number of hydrogen-bond donors (Lipinski definition) is 1. The molecule has 2 heterocycles. The molecule has 0 fully saturated rings. The van der Waals surface area contributed by atoms with E-state index in [9.17, 15) is 0 Å². The van der Waals surface area contributed by atoms with Crippen LogP contribution in [0.15, 0.2) is 24.3 Å². The molecule has 0 radical (unpaired) electrons. The summed E-state index contributed by atoms with van der Waals surface area (Å²) in [5.74, 6) is 0.618. The predicted octanol–water partition coefficient (Wildman–Crippen LogP) is 4.81. The average Bonchev–Trinajstić information content (AvgIpc) is 2.77. The summed E-state index contributed by atoms with van der Waals surface area (Å²) < 4.78 is 1.42. The molecule has 82 valence electrons. The predicted molar refractivity (Wildman–Crippen MR) is 72.5 cm³/mol. The number of benzene rings is 1. The molecular weight excluding hydrogens is 214 g/mol. The minimum absolute atomic E-state index is 0.618. The summed E-state index contributed by atoms with van der Waals surface area (Å²) in [4.78, 5) is 4.87. The van der Waals surface area contributed by atoms with E-state index < -0.39 is 0 Å². The molecule has 3 aromatic rings. The SMILES string of the molecule is Cc1cc2c(ccc3cc(C(C)C)sc32)[nH]1. The smallest absolute Gasteiger partial charge is 0.0470 e. The van der Waals surface area contributed by atoms with Crippen molar-refractivity contribution in [3.8, 4) is 0 Å². The lowest BCUT2D eigenvalue weighted by molar-refractivity contribution is 0.890. The summed E-state index contributed by atoms with van der Waals surface area (Å²) in [5.41, 5.74) is 2.49. The lowest BCUT2D eigenvalue weighted by Crippen LogP contribution is -1.77. The lowest BCUT2D eigenvalue weighted by atomic mass is 10.1. The number of aromatic amines is 1. The maximum Gasteiger partial charge on any atom is 0.0470 e. The van der Waals surface area contributed by atoms with Crippen LogP contribution in [0, 0.1) is 6.92 Å². The van der Waals surface area contributed by atoms with Crippen molar-refractivity contribution in [1.82, 2.24) is 4.98 Å². The Kier molecular flexibility index (Phi) is 2.08. The number of thiophene rings is 1. The summed E-state index contributed by atoms with van der Waals surface area (Å²) in [6.07, 6.45) is 0. The molecule has 0 saturated heterocycles. The molecule has 0 unspecified atom stereocenters. The summed E-state index contributed by atoms with van der Waals surface area (Å²) in [6, 6.07) is 8.97. The molecule has 0 aliphatic rings. The molecule has 2 aromatic heterocycles. The summed E-state index contributed by atoms with van der Waals surface area (Å²) in [5, 5.41) is 2.74. The second kappa shape index (κ2) is 3.36. The highest BCUT2D eigenvalue weighted by molar-refractivity contribution is 7.20. The summed E-state index contributed by atoms with van der Waals surface area (Å²) in [6.45, 7) is 6.62. The minimum Gasteiger partial charge on any atom is -0.359 e. The molecule has 0 aliphatic carbocycles. The number of hydrogen-bond acceptors (Lipinski definition) is 1. The van der Waals surface area contributed by atoms with Gasteiger partial charge in [-0.1, -0.05) is 19.9 Å². The fourth-order valence-corrected chi connectivity index (χ4v) is 3.33. The van der Waals surface area contributed by atoms with Crippen molar-refractivity contribution in [3.05, 3.63) is 34.8 Å². The van der Waals surface area contributed by atoms with Crippen molar-refractivity contribution in [2.75, 3.05) is 0 Å². The number of aromatic nitrogens is 1. The van der Waals surface area contributed by atoms with Gasteiger partial charge >= 0.3 is 0 Å². The summed E-state index contributed by atoms with van der Waals surface area (Å²) in [7, 11) is 0. The number of nitrogens with one attached hydrogen (secondary N) is 1. The average molecular weight is 229 g/mol. The Balaban J connectivity index is 2.40. The minimum atomic E-state index is 0.618. The Bertz CT molecular complexity index is 658. The van der Waals surface area contributed by atoms with Crippen molar-refractivity contribution in [2.45, 2.75) is 26.7 Å². The Hall–Kier alpha value is -1.28. The number of aryl methyl sites for hydroxylation is 1. The van der Waals surface area contributed by atoms with Gasteiger partial charge in [-0.05, 0) is 36.4 Å². The monoisotopic (exact) mass is 229 g/mol. The van der Waals surface area contributed by atoms with E-state index in [1.807, 2.05) is 11.3 Å². The van der Waals surface area contributed by atoms with Gasteiger partial charge in [0.15, 0.2) is 0 Å². The van der Waals surface area contributed by atoms with Gasteiger partial charge in [-0.25, -0.2) is 0 Å². The van der Waals surface area contributed by atoms with Crippen LogP contribution in [0.2, 0.25) is 0 Å². The van der Waals surface area contributed by atoms with Gasteiger partial charge in [0.05, 0.1) is 0 Å². The van der Waals surface area contributed by atoms with Crippen LogP contribution >= 0.6 is 11.3 Å². The molecule has 0 spiro atoms. The van der Waals surface area contributed by atoms with Gasteiger partial charge in [0.1, 0.15) is 0 Å². The zero-order valence-electron chi connectivity index (χ0n) is 9.79. The van der Waals surface area contributed by atoms with E-state index in [2.05, 4.69) is 50.0 Å². The molecule has 3 rings (SSSR count). The van der Waals surface area contributed by atoms with Crippen molar-refractivity contribution < 1.29 is 0 Å². The van der Waals surface area contributed by atoms with Crippen molar-refractivity contribution >= 4 is 32.3 Å². The maximum absolute atomic E-state index is 3.40. The first-order valence-electron chi connectivity index (χ1n) is 5.67. The quantitative estimate of drug-likeness (QED) is 0.616. The van der Waals surface area contributed by atoms with E-state index in [4.69, 9.17) is 0 Å². The van der Waals surface area contributed by atoms with Gasteiger partial charge in [0, 0.05) is 26.2 Å².